The van der Waals surface area contributed by atoms with Gasteiger partial charge in [0.05, 0.1) is 18.3 Å². The van der Waals surface area contributed by atoms with Gasteiger partial charge in [0.1, 0.15) is 28.6 Å². The lowest BCUT2D eigenvalue weighted by atomic mass is 9.84. The molecule has 0 aliphatic carbocycles. The summed E-state index contributed by atoms with van der Waals surface area (Å²) in [5, 5.41) is 20.8. The van der Waals surface area contributed by atoms with Gasteiger partial charge in [-0.2, -0.15) is 0 Å². The Morgan fingerprint density at radius 1 is 1.18 bits per heavy atom. The molecule has 33 heavy (non-hydrogen) atoms. The third kappa shape index (κ3) is 4.55. The number of hydrogen-bond acceptors (Lipinski definition) is 6. The maximum atomic E-state index is 14.4. The minimum Gasteiger partial charge on any atom is -0.390 e. The molecule has 2 N–H and O–H groups in total. The average Bonchev–Trinajstić information content (AvgIpc) is 2.79. The first kappa shape index (κ1) is 23.1. The van der Waals surface area contributed by atoms with Crippen LogP contribution in [0.4, 0.5) is 8.78 Å². The number of halogens is 2. The molecule has 2 aromatic heterocycles. The fourth-order valence-electron chi connectivity index (χ4n) is 3.96. The summed E-state index contributed by atoms with van der Waals surface area (Å²) in [6.45, 7) is 3.19. The summed E-state index contributed by atoms with van der Waals surface area (Å²) in [5.74, 6) is -1.77. The Labute approximate surface area is 189 Å². The molecule has 1 saturated heterocycles. The van der Waals surface area contributed by atoms with Crippen LogP contribution >= 0.6 is 0 Å². The second kappa shape index (κ2) is 9.05. The number of hydrogen-bond donors (Lipinski definition) is 2. The number of rotatable bonds is 5. The van der Waals surface area contributed by atoms with Gasteiger partial charge >= 0.3 is 0 Å². The quantitative estimate of drug-likeness (QED) is 0.570. The average molecular weight is 454 g/mol. The fourth-order valence-corrected chi connectivity index (χ4v) is 3.96. The van der Waals surface area contributed by atoms with Crippen molar-refractivity contribution in [2.24, 2.45) is 0 Å². The molecule has 172 valence electrons. The Morgan fingerprint density at radius 3 is 2.67 bits per heavy atom. The zero-order valence-electron chi connectivity index (χ0n) is 18.2. The van der Waals surface area contributed by atoms with Crippen molar-refractivity contribution < 1.29 is 28.5 Å². The van der Waals surface area contributed by atoms with Gasteiger partial charge in [-0.25, -0.2) is 13.8 Å². The maximum absolute atomic E-state index is 14.4. The van der Waals surface area contributed by atoms with Gasteiger partial charge in [0.15, 0.2) is 5.78 Å². The minimum atomic E-state index is -1.39. The molecule has 1 fully saturated rings. The lowest BCUT2D eigenvalue weighted by molar-refractivity contribution is -0.215. The predicted octanol–water partition coefficient (Wildman–Crippen LogP) is 3.81. The lowest BCUT2D eigenvalue weighted by Crippen LogP contribution is -2.54. The number of aromatic nitrogens is 2. The molecule has 4 rings (SSSR count). The van der Waals surface area contributed by atoms with Gasteiger partial charge in [-0.05, 0) is 55.3 Å². The SMILES string of the molecule is C[C@H]1O[C@@H](c2ccncc2CC(=O)c2ccc(F)c(-c3ccccc3F)n2)C[C@@H](O)[C@]1(C)O. The Hall–Kier alpha value is -3.07. The van der Waals surface area contributed by atoms with Gasteiger partial charge in [-0.3, -0.25) is 9.78 Å². The second-order valence-corrected chi connectivity index (χ2v) is 8.43. The fraction of sp³-hybridized carbons (Fsp3) is 0.320. The minimum absolute atomic E-state index is 0.00893. The zero-order chi connectivity index (χ0) is 23.8. The zero-order valence-corrected chi connectivity index (χ0v) is 18.2. The monoisotopic (exact) mass is 454 g/mol. The first-order valence-corrected chi connectivity index (χ1v) is 10.6. The molecular formula is C25H24F2N2O4. The first-order chi connectivity index (χ1) is 15.7. The van der Waals surface area contributed by atoms with Crippen molar-refractivity contribution in [2.75, 3.05) is 0 Å². The van der Waals surface area contributed by atoms with E-state index in [1.807, 2.05) is 0 Å². The van der Waals surface area contributed by atoms with Crippen molar-refractivity contribution in [2.45, 2.75) is 50.6 Å². The van der Waals surface area contributed by atoms with E-state index < -0.39 is 41.3 Å². The normalized spacial score (nSPS) is 25.1. The lowest BCUT2D eigenvalue weighted by Gasteiger charge is -2.43. The molecule has 6 nitrogen and oxygen atoms in total. The molecule has 1 aliphatic rings. The Balaban J connectivity index is 1.61. The summed E-state index contributed by atoms with van der Waals surface area (Å²) in [6.07, 6.45) is 0.949. The third-order valence-electron chi connectivity index (χ3n) is 6.20. The van der Waals surface area contributed by atoms with Crippen LogP contribution in [-0.4, -0.2) is 43.8 Å². The number of carbonyl (C=O) groups is 1. The molecular weight excluding hydrogens is 430 g/mol. The second-order valence-electron chi connectivity index (χ2n) is 8.43. The molecule has 0 amide bonds. The van der Waals surface area contributed by atoms with Crippen LogP contribution in [0.25, 0.3) is 11.3 Å². The van der Waals surface area contributed by atoms with Crippen LogP contribution in [0, 0.1) is 11.6 Å². The summed E-state index contributed by atoms with van der Waals surface area (Å²) >= 11 is 0. The molecule has 1 aliphatic heterocycles. The summed E-state index contributed by atoms with van der Waals surface area (Å²) < 4.78 is 34.5. The van der Waals surface area contributed by atoms with Crippen LogP contribution in [0.5, 0.6) is 0 Å². The highest BCUT2D eigenvalue weighted by atomic mass is 19.1. The van der Waals surface area contributed by atoms with Crippen LogP contribution in [0.3, 0.4) is 0 Å². The van der Waals surface area contributed by atoms with Crippen LogP contribution in [0.1, 0.15) is 48.0 Å². The van der Waals surface area contributed by atoms with Gasteiger partial charge in [0, 0.05) is 30.8 Å². The van der Waals surface area contributed by atoms with E-state index in [1.165, 1.54) is 37.4 Å². The Bertz CT molecular complexity index is 1170. The number of aliphatic hydroxyl groups excluding tert-OH is 1. The number of benzene rings is 1. The summed E-state index contributed by atoms with van der Waals surface area (Å²) in [6, 6.07) is 9.71. The molecule has 8 heteroatoms. The highest BCUT2D eigenvalue weighted by Gasteiger charge is 2.44. The van der Waals surface area contributed by atoms with Crippen LogP contribution < -0.4 is 0 Å². The van der Waals surface area contributed by atoms with E-state index in [0.29, 0.717) is 11.1 Å². The standard InChI is InChI=1S/C25H24F2N2O4/c1-14-25(2,32)23(31)12-22(33-14)16-9-10-28-13-15(16)11-21(30)20-8-7-19(27)24(29-20)17-5-3-4-6-18(17)26/h3-10,13-14,22-23,31-32H,11-12H2,1-2H3/t14-,22-,23-,25-/m1/s1. The van der Waals surface area contributed by atoms with E-state index in [-0.39, 0.29) is 29.8 Å². The van der Waals surface area contributed by atoms with Gasteiger partial charge in [-0.1, -0.05) is 12.1 Å². The van der Waals surface area contributed by atoms with E-state index >= 15 is 0 Å². The molecule has 1 aromatic carbocycles. The molecule has 4 atom stereocenters. The predicted molar refractivity (Wildman–Crippen MR) is 116 cm³/mol. The van der Waals surface area contributed by atoms with E-state index in [1.54, 1.807) is 25.3 Å². The number of Topliss-reactive ketones (excluding diaryl/α,β-unsaturated/α-hetero) is 1. The number of carbonyl (C=O) groups excluding carboxylic acids is 1. The molecule has 0 saturated carbocycles. The van der Waals surface area contributed by atoms with Gasteiger partial charge in [0.25, 0.3) is 0 Å². The van der Waals surface area contributed by atoms with Crippen molar-refractivity contribution in [3.8, 4) is 11.3 Å². The summed E-state index contributed by atoms with van der Waals surface area (Å²) in [5.41, 5.74) is -0.438. The van der Waals surface area contributed by atoms with Gasteiger partial charge < -0.3 is 14.9 Å². The molecule has 0 unspecified atom stereocenters. The van der Waals surface area contributed by atoms with Crippen molar-refractivity contribution in [3.63, 3.8) is 0 Å². The van der Waals surface area contributed by atoms with E-state index in [2.05, 4.69) is 9.97 Å². The smallest absolute Gasteiger partial charge is 0.185 e. The van der Waals surface area contributed by atoms with Gasteiger partial charge in [-0.15, -0.1) is 0 Å². The summed E-state index contributed by atoms with van der Waals surface area (Å²) in [4.78, 5) is 21.2. The van der Waals surface area contributed by atoms with E-state index in [0.717, 1.165) is 6.07 Å². The summed E-state index contributed by atoms with van der Waals surface area (Å²) in [7, 11) is 0. The van der Waals surface area contributed by atoms with E-state index in [9.17, 15) is 23.8 Å². The maximum Gasteiger partial charge on any atom is 0.185 e. The first-order valence-electron chi connectivity index (χ1n) is 10.6. The highest BCUT2D eigenvalue weighted by molar-refractivity contribution is 5.96. The largest absolute Gasteiger partial charge is 0.390 e. The van der Waals surface area contributed by atoms with Crippen molar-refractivity contribution in [1.29, 1.82) is 0 Å². The number of ketones is 1. The molecule has 3 aromatic rings. The van der Waals surface area contributed by atoms with Crippen molar-refractivity contribution in [3.05, 3.63) is 83.3 Å². The molecule has 0 bridgehead atoms. The topological polar surface area (TPSA) is 92.5 Å². The van der Waals surface area contributed by atoms with Crippen LogP contribution in [0.2, 0.25) is 0 Å². The molecule has 3 heterocycles. The number of pyridine rings is 2. The third-order valence-corrected chi connectivity index (χ3v) is 6.20. The van der Waals surface area contributed by atoms with E-state index in [4.69, 9.17) is 4.74 Å². The van der Waals surface area contributed by atoms with Crippen LogP contribution in [0.15, 0.2) is 54.9 Å². The highest BCUT2D eigenvalue weighted by Crippen LogP contribution is 2.38. The number of ether oxygens (including phenoxy) is 1. The number of aliphatic hydroxyl groups is 2. The number of nitrogens with zero attached hydrogens (tertiary/aromatic N) is 2. The van der Waals surface area contributed by atoms with Crippen molar-refractivity contribution >= 4 is 5.78 Å². The Kier molecular flexibility index (Phi) is 6.34. The van der Waals surface area contributed by atoms with Crippen LogP contribution in [-0.2, 0) is 11.2 Å². The Morgan fingerprint density at radius 2 is 1.94 bits per heavy atom. The molecule has 0 radical (unpaired) electrons. The molecule has 0 spiro atoms. The van der Waals surface area contributed by atoms with Gasteiger partial charge in [0.2, 0.25) is 0 Å². The van der Waals surface area contributed by atoms with Crippen molar-refractivity contribution in [1.82, 2.24) is 9.97 Å².